The van der Waals surface area contributed by atoms with E-state index in [2.05, 4.69) is 32.9 Å². The van der Waals surface area contributed by atoms with Crippen molar-refractivity contribution in [2.45, 2.75) is 32.1 Å². The van der Waals surface area contributed by atoms with Crippen LogP contribution in [-0.2, 0) is 11.3 Å². The third kappa shape index (κ3) is 3.37. The molecule has 6 heteroatoms. The minimum absolute atomic E-state index is 0.133. The molecule has 0 spiro atoms. The van der Waals surface area contributed by atoms with E-state index in [1.54, 1.807) is 6.20 Å². The Labute approximate surface area is 122 Å². The Morgan fingerprint density at radius 3 is 2.95 bits per heavy atom. The molecule has 1 saturated heterocycles. The van der Waals surface area contributed by atoms with Crippen LogP contribution in [0.15, 0.2) is 10.7 Å². The van der Waals surface area contributed by atoms with Gasteiger partial charge >= 0.3 is 0 Å². The molecule has 1 aromatic heterocycles. The Balaban J connectivity index is 2.15. The van der Waals surface area contributed by atoms with E-state index >= 15 is 0 Å². The molecule has 19 heavy (non-hydrogen) atoms. The second-order valence-corrected chi connectivity index (χ2v) is 6.30. The highest BCUT2D eigenvalue weighted by Crippen LogP contribution is 2.34. The first kappa shape index (κ1) is 15.0. The van der Waals surface area contributed by atoms with E-state index in [1.165, 1.54) is 0 Å². The molecule has 3 unspecified atom stereocenters. The molecular formula is C13H22BrN3O2. The quantitative estimate of drug-likeness (QED) is 0.891. The zero-order valence-electron chi connectivity index (χ0n) is 11.7. The number of aliphatic hydroxyl groups is 1. The maximum Gasteiger partial charge on any atom is 0.123 e. The zero-order valence-corrected chi connectivity index (χ0v) is 13.3. The maximum absolute atomic E-state index is 10.6. The smallest absolute Gasteiger partial charge is 0.123 e. The molecule has 5 nitrogen and oxygen atoms in total. The van der Waals surface area contributed by atoms with Crippen LogP contribution in [0.1, 0.15) is 25.1 Å². The van der Waals surface area contributed by atoms with Crippen LogP contribution in [0.5, 0.6) is 0 Å². The highest BCUT2D eigenvalue weighted by atomic mass is 79.9. The van der Waals surface area contributed by atoms with Gasteiger partial charge in [-0.2, -0.15) is 5.10 Å². The van der Waals surface area contributed by atoms with Crippen molar-refractivity contribution in [3.63, 3.8) is 0 Å². The molecule has 1 fully saturated rings. The van der Waals surface area contributed by atoms with Crippen molar-refractivity contribution in [2.24, 2.45) is 5.92 Å². The van der Waals surface area contributed by atoms with Crippen LogP contribution < -0.4 is 0 Å². The normalized spacial score (nSPS) is 25.2. The Morgan fingerprint density at radius 2 is 2.37 bits per heavy atom. The molecule has 2 rings (SSSR count). The van der Waals surface area contributed by atoms with Crippen molar-refractivity contribution in [2.75, 3.05) is 27.2 Å². The van der Waals surface area contributed by atoms with Crippen LogP contribution in [0.3, 0.4) is 0 Å². The second-order valence-electron chi connectivity index (χ2n) is 5.45. The van der Waals surface area contributed by atoms with Gasteiger partial charge in [-0.15, -0.1) is 0 Å². The number of aliphatic hydroxyl groups excluding tert-OH is 1. The van der Waals surface area contributed by atoms with Gasteiger partial charge in [0.25, 0.3) is 0 Å². The fraction of sp³-hybridized carbons (Fsp3) is 0.769. The third-order valence-electron chi connectivity index (χ3n) is 3.63. The number of rotatable bonds is 5. The molecule has 0 radical (unpaired) electrons. The van der Waals surface area contributed by atoms with E-state index < -0.39 is 6.10 Å². The fourth-order valence-corrected chi connectivity index (χ4v) is 2.95. The first-order chi connectivity index (χ1) is 9.00. The van der Waals surface area contributed by atoms with E-state index in [1.807, 2.05) is 18.8 Å². The molecule has 1 aliphatic rings. The summed E-state index contributed by atoms with van der Waals surface area (Å²) in [5.41, 5.74) is 0.820. The van der Waals surface area contributed by atoms with Crippen molar-refractivity contribution in [1.29, 1.82) is 0 Å². The summed E-state index contributed by atoms with van der Waals surface area (Å²) in [5.74, 6) is 0.374. The van der Waals surface area contributed by atoms with Gasteiger partial charge in [0, 0.05) is 13.2 Å². The van der Waals surface area contributed by atoms with Crippen LogP contribution in [0.4, 0.5) is 0 Å². The summed E-state index contributed by atoms with van der Waals surface area (Å²) in [6, 6.07) is 0. The highest BCUT2D eigenvalue weighted by molar-refractivity contribution is 9.10. The van der Waals surface area contributed by atoms with Crippen LogP contribution in [0, 0.1) is 5.92 Å². The minimum Gasteiger partial charge on any atom is -0.384 e. The van der Waals surface area contributed by atoms with E-state index in [9.17, 15) is 5.11 Å². The van der Waals surface area contributed by atoms with Crippen molar-refractivity contribution in [3.05, 3.63) is 16.4 Å². The van der Waals surface area contributed by atoms with Crippen molar-refractivity contribution in [1.82, 2.24) is 14.7 Å². The van der Waals surface area contributed by atoms with Gasteiger partial charge in [-0.3, -0.25) is 4.68 Å². The summed E-state index contributed by atoms with van der Waals surface area (Å²) in [6.07, 6.45) is 1.99. The lowest BCUT2D eigenvalue weighted by Gasteiger charge is -2.23. The predicted octanol–water partition coefficient (Wildman–Crippen LogP) is 1.67. The Bertz CT molecular complexity index is 422. The van der Waals surface area contributed by atoms with Gasteiger partial charge in [-0.25, -0.2) is 0 Å². The van der Waals surface area contributed by atoms with Crippen LogP contribution in [-0.4, -0.2) is 53.1 Å². The number of ether oxygens (including phenoxy) is 1. The lowest BCUT2D eigenvalue weighted by atomic mass is 9.97. The number of aromatic nitrogens is 2. The summed E-state index contributed by atoms with van der Waals surface area (Å²) in [6.45, 7) is 4.49. The largest absolute Gasteiger partial charge is 0.384 e. The van der Waals surface area contributed by atoms with Gasteiger partial charge < -0.3 is 14.7 Å². The molecule has 1 aliphatic heterocycles. The van der Waals surface area contributed by atoms with E-state index in [0.717, 1.165) is 36.3 Å². The van der Waals surface area contributed by atoms with Crippen LogP contribution in [0.2, 0.25) is 0 Å². The Morgan fingerprint density at radius 1 is 1.63 bits per heavy atom. The topological polar surface area (TPSA) is 50.5 Å². The third-order valence-corrected chi connectivity index (χ3v) is 4.24. The second kappa shape index (κ2) is 6.35. The predicted molar refractivity (Wildman–Crippen MR) is 77.0 cm³/mol. The Hall–Kier alpha value is -0.430. The van der Waals surface area contributed by atoms with Crippen molar-refractivity contribution >= 4 is 15.9 Å². The summed E-state index contributed by atoms with van der Waals surface area (Å²) >= 11 is 3.48. The van der Waals surface area contributed by atoms with Crippen LogP contribution in [0.25, 0.3) is 0 Å². The van der Waals surface area contributed by atoms with Gasteiger partial charge in [-0.1, -0.05) is 6.92 Å². The highest BCUT2D eigenvalue weighted by Gasteiger charge is 2.34. The molecule has 108 valence electrons. The standard InChI is InChI=1S/C13H22BrN3O2/c1-9-4-7-19-13(9)12(18)11-10(14)8-15-17(11)6-5-16(2)3/h8-9,12-13,18H,4-7H2,1-3H3. The Kier molecular flexibility index (Phi) is 5.00. The lowest BCUT2D eigenvalue weighted by molar-refractivity contribution is -0.0224. The van der Waals surface area contributed by atoms with E-state index in [-0.39, 0.29) is 6.10 Å². The summed E-state index contributed by atoms with van der Waals surface area (Å²) in [7, 11) is 4.05. The summed E-state index contributed by atoms with van der Waals surface area (Å²) < 4.78 is 8.38. The van der Waals surface area contributed by atoms with Crippen LogP contribution >= 0.6 is 15.9 Å². The van der Waals surface area contributed by atoms with Gasteiger partial charge in [0.15, 0.2) is 0 Å². The number of halogens is 1. The SMILES string of the molecule is CC1CCOC1C(O)c1c(Br)cnn1CCN(C)C. The first-order valence-electron chi connectivity index (χ1n) is 6.66. The average Bonchev–Trinajstić information content (AvgIpc) is 2.92. The molecule has 0 amide bonds. The first-order valence-corrected chi connectivity index (χ1v) is 7.45. The summed E-state index contributed by atoms with van der Waals surface area (Å²) in [5, 5.41) is 14.9. The van der Waals surface area contributed by atoms with Gasteiger partial charge in [0.05, 0.1) is 29.0 Å². The number of nitrogens with zero attached hydrogens (tertiary/aromatic N) is 3. The average molecular weight is 332 g/mol. The van der Waals surface area contributed by atoms with Crippen molar-refractivity contribution in [3.8, 4) is 0 Å². The number of hydrogen-bond acceptors (Lipinski definition) is 4. The van der Waals surface area contributed by atoms with Gasteiger partial charge in [0.2, 0.25) is 0 Å². The van der Waals surface area contributed by atoms with Gasteiger partial charge in [-0.05, 0) is 42.4 Å². The molecule has 1 aromatic rings. The molecule has 3 atom stereocenters. The zero-order chi connectivity index (χ0) is 14.0. The summed E-state index contributed by atoms with van der Waals surface area (Å²) in [4.78, 5) is 2.10. The maximum atomic E-state index is 10.6. The lowest BCUT2D eigenvalue weighted by Crippen LogP contribution is -2.27. The van der Waals surface area contributed by atoms with Crippen molar-refractivity contribution < 1.29 is 9.84 Å². The molecule has 0 aromatic carbocycles. The molecule has 0 aliphatic carbocycles. The van der Waals surface area contributed by atoms with Gasteiger partial charge in [0.1, 0.15) is 6.10 Å². The molecule has 0 saturated carbocycles. The monoisotopic (exact) mass is 331 g/mol. The fourth-order valence-electron chi connectivity index (χ4n) is 2.42. The van der Waals surface area contributed by atoms with E-state index in [0.29, 0.717) is 5.92 Å². The molecule has 2 heterocycles. The molecule has 1 N–H and O–H groups in total. The number of hydrogen-bond donors (Lipinski definition) is 1. The molecular weight excluding hydrogens is 310 g/mol. The minimum atomic E-state index is -0.628. The molecule has 0 bridgehead atoms. The van der Waals surface area contributed by atoms with E-state index in [4.69, 9.17) is 4.74 Å². The number of likely N-dealkylation sites (N-methyl/N-ethyl adjacent to an activating group) is 1.